The maximum absolute atomic E-state index is 12.2. The summed E-state index contributed by atoms with van der Waals surface area (Å²) in [5, 5.41) is 0. The number of ether oxygens (including phenoxy) is 2. The van der Waals surface area contributed by atoms with Crippen LogP contribution in [-0.4, -0.2) is 30.4 Å². The molecule has 0 heterocycles. The van der Waals surface area contributed by atoms with Crippen LogP contribution in [0.15, 0.2) is 12.2 Å². The van der Waals surface area contributed by atoms with Crippen molar-refractivity contribution in [1.82, 2.24) is 0 Å². The zero-order chi connectivity index (χ0) is 24.0. The van der Waals surface area contributed by atoms with Gasteiger partial charge >= 0.3 is 11.9 Å². The molecule has 4 aliphatic carbocycles. The van der Waals surface area contributed by atoms with E-state index in [1.165, 1.54) is 19.8 Å². The fourth-order valence-electron chi connectivity index (χ4n) is 8.99. The summed E-state index contributed by atoms with van der Waals surface area (Å²) in [5.41, 5.74) is 0.0909. The first-order valence-electron chi connectivity index (χ1n) is 13.1. The molecule has 3 fully saturated rings. The van der Waals surface area contributed by atoms with E-state index < -0.39 is 0 Å². The van der Waals surface area contributed by atoms with Crippen LogP contribution in [0.2, 0.25) is 0 Å². The average Bonchev–Trinajstić information content (AvgIpc) is 3.08. The smallest absolute Gasteiger partial charge is 0.303 e. The van der Waals surface area contributed by atoms with Gasteiger partial charge in [-0.05, 0) is 91.4 Å². The van der Waals surface area contributed by atoms with E-state index in [-0.39, 0.29) is 35.0 Å². The molecule has 5 heteroatoms. The van der Waals surface area contributed by atoms with Crippen molar-refractivity contribution in [2.75, 3.05) is 0 Å². The van der Waals surface area contributed by atoms with Crippen molar-refractivity contribution in [3.05, 3.63) is 12.2 Å². The number of carbonyl (C=O) groups is 3. The molecule has 0 radical (unpaired) electrons. The molecular weight excluding hydrogens is 416 g/mol. The lowest BCUT2D eigenvalue weighted by atomic mass is 9.44. The molecule has 0 spiro atoms. The number of esters is 2. The molecule has 3 saturated carbocycles. The molecule has 33 heavy (non-hydrogen) atoms. The molecule has 0 bridgehead atoms. The fraction of sp³-hybridized carbons (Fsp3) is 0.821. The van der Waals surface area contributed by atoms with Crippen LogP contribution in [0.4, 0.5) is 0 Å². The van der Waals surface area contributed by atoms with Gasteiger partial charge in [0.1, 0.15) is 18.5 Å². The SMILES string of the molecule is CC(=O)OC1C=C[C@@]2(C)C(CC[C@H]3[C@@H]4CC[C@H]([C@H](C)CCC=O)[C@@]4(C)CC(OC(C)=O)[C@@H]32)C1. The molecule has 4 rings (SSSR count). The first kappa shape index (κ1) is 24.5. The van der Waals surface area contributed by atoms with Crippen molar-refractivity contribution in [3.63, 3.8) is 0 Å². The van der Waals surface area contributed by atoms with Crippen LogP contribution in [-0.2, 0) is 23.9 Å². The number of hydrogen-bond donors (Lipinski definition) is 0. The maximum atomic E-state index is 12.2. The Morgan fingerprint density at radius 1 is 1.09 bits per heavy atom. The normalized spacial score (nSPS) is 44.7. The summed E-state index contributed by atoms with van der Waals surface area (Å²) in [7, 11) is 0. The number of fused-ring (bicyclic) bond motifs is 5. The van der Waals surface area contributed by atoms with Crippen LogP contribution in [0.5, 0.6) is 0 Å². The molecule has 3 unspecified atom stereocenters. The summed E-state index contributed by atoms with van der Waals surface area (Å²) in [6, 6.07) is 0. The predicted molar refractivity (Wildman–Crippen MR) is 126 cm³/mol. The average molecular weight is 459 g/mol. The molecule has 0 N–H and O–H groups in total. The van der Waals surface area contributed by atoms with Gasteiger partial charge in [0.2, 0.25) is 0 Å². The molecule has 4 aliphatic rings. The van der Waals surface area contributed by atoms with E-state index in [4.69, 9.17) is 9.47 Å². The minimum Gasteiger partial charge on any atom is -0.462 e. The second-order valence-corrected chi connectivity index (χ2v) is 11.9. The molecule has 0 aromatic heterocycles. The first-order valence-corrected chi connectivity index (χ1v) is 13.1. The minimum atomic E-state index is -0.228. The van der Waals surface area contributed by atoms with Gasteiger partial charge in [-0.2, -0.15) is 0 Å². The van der Waals surface area contributed by atoms with Crippen LogP contribution in [0.3, 0.4) is 0 Å². The molecule has 0 aromatic rings. The highest BCUT2D eigenvalue weighted by Gasteiger charge is 2.64. The third kappa shape index (κ3) is 4.30. The number of aldehydes is 1. The minimum absolute atomic E-state index is 0.0533. The zero-order valence-corrected chi connectivity index (χ0v) is 21.0. The Morgan fingerprint density at radius 2 is 1.82 bits per heavy atom. The van der Waals surface area contributed by atoms with Crippen molar-refractivity contribution in [2.24, 2.45) is 46.3 Å². The molecular formula is C28H42O5. The second kappa shape index (κ2) is 9.19. The van der Waals surface area contributed by atoms with Crippen molar-refractivity contribution < 1.29 is 23.9 Å². The lowest BCUT2D eigenvalue weighted by Crippen LogP contribution is -2.59. The van der Waals surface area contributed by atoms with E-state index in [0.29, 0.717) is 41.9 Å². The lowest BCUT2D eigenvalue weighted by molar-refractivity contribution is -0.186. The zero-order valence-electron chi connectivity index (χ0n) is 21.0. The molecule has 0 aromatic carbocycles. The third-order valence-corrected chi connectivity index (χ3v) is 10.2. The Kier molecular flexibility index (Phi) is 6.81. The highest BCUT2D eigenvalue weighted by atomic mass is 16.5. The van der Waals surface area contributed by atoms with Gasteiger partial charge in [0, 0.05) is 26.2 Å². The van der Waals surface area contributed by atoms with Gasteiger partial charge in [-0.15, -0.1) is 0 Å². The molecule has 10 atom stereocenters. The van der Waals surface area contributed by atoms with Crippen molar-refractivity contribution >= 4 is 18.2 Å². The maximum Gasteiger partial charge on any atom is 0.303 e. The predicted octanol–water partition coefficient (Wildman–Crippen LogP) is 5.51. The van der Waals surface area contributed by atoms with Crippen molar-refractivity contribution in [1.29, 1.82) is 0 Å². The Balaban J connectivity index is 1.66. The molecule has 0 amide bonds. The number of allylic oxidation sites excluding steroid dienone is 1. The van der Waals surface area contributed by atoms with Gasteiger partial charge in [-0.3, -0.25) is 9.59 Å². The van der Waals surface area contributed by atoms with Gasteiger partial charge in [-0.25, -0.2) is 0 Å². The van der Waals surface area contributed by atoms with E-state index in [2.05, 4.69) is 32.9 Å². The summed E-state index contributed by atoms with van der Waals surface area (Å²) >= 11 is 0. The van der Waals surface area contributed by atoms with Gasteiger partial charge in [0.25, 0.3) is 0 Å². The Bertz CT molecular complexity index is 804. The van der Waals surface area contributed by atoms with Gasteiger partial charge < -0.3 is 14.3 Å². The highest BCUT2D eigenvalue weighted by molar-refractivity contribution is 5.66. The summed E-state index contributed by atoms with van der Waals surface area (Å²) < 4.78 is 11.7. The van der Waals surface area contributed by atoms with Gasteiger partial charge in [-0.1, -0.05) is 26.8 Å². The van der Waals surface area contributed by atoms with E-state index in [1.54, 1.807) is 6.92 Å². The largest absolute Gasteiger partial charge is 0.462 e. The summed E-state index contributed by atoms with van der Waals surface area (Å²) in [6.45, 7) is 10.1. The van der Waals surface area contributed by atoms with Crippen LogP contribution < -0.4 is 0 Å². The van der Waals surface area contributed by atoms with E-state index in [1.807, 2.05) is 0 Å². The second-order valence-electron chi connectivity index (χ2n) is 11.9. The number of hydrogen-bond acceptors (Lipinski definition) is 5. The molecule has 5 nitrogen and oxygen atoms in total. The van der Waals surface area contributed by atoms with Crippen molar-refractivity contribution in [3.8, 4) is 0 Å². The standard InChI is InChI=1S/C28H42O5/c1-17(7-6-14-29)23-10-11-24-22-9-8-20-15-21(32-18(2)30)12-13-27(20,4)26(22)25(33-19(3)31)16-28(23,24)5/h12-14,17,20-26H,6-11,15-16H2,1-5H3/t17-,20?,21?,22+,23-,24+,25?,26-,27+,28-/m1/s1. The number of carbonyl (C=O) groups excluding carboxylic acids is 3. The molecule has 0 saturated heterocycles. The van der Waals surface area contributed by atoms with Crippen LogP contribution in [0.1, 0.15) is 86.0 Å². The third-order valence-electron chi connectivity index (χ3n) is 10.2. The quantitative estimate of drug-likeness (QED) is 0.298. The Morgan fingerprint density at radius 3 is 2.48 bits per heavy atom. The van der Waals surface area contributed by atoms with Crippen LogP contribution in [0, 0.1) is 46.3 Å². The van der Waals surface area contributed by atoms with Gasteiger partial charge in [0.15, 0.2) is 0 Å². The van der Waals surface area contributed by atoms with E-state index in [9.17, 15) is 14.4 Å². The van der Waals surface area contributed by atoms with Crippen LogP contribution in [0.25, 0.3) is 0 Å². The van der Waals surface area contributed by atoms with E-state index in [0.717, 1.165) is 38.4 Å². The number of rotatable bonds is 6. The van der Waals surface area contributed by atoms with Crippen LogP contribution >= 0.6 is 0 Å². The monoisotopic (exact) mass is 458 g/mol. The fourth-order valence-corrected chi connectivity index (χ4v) is 8.99. The summed E-state index contributed by atoms with van der Waals surface area (Å²) in [4.78, 5) is 34.8. The summed E-state index contributed by atoms with van der Waals surface area (Å²) in [6.07, 6.45) is 13.3. The van der Waals surface area contributed by atoms with Gasteiger partial charge in [0.05, 0.1) is 0 Å². The van der Waals surface area contributed by atoms with E-state index >= 15 is 0 Å². The lowest BCUT2D eigenvalue weighted by Gasteiger charge is -2.61. The topological polar surface area (TPSA) is 69.7 Å². The Hall–Kier alpha value is -1.65. The highest BCUT2D eigenvalue weighted by Crippen LogP contribution is 2.68. The summed E-state index contributed by atoms with van der Waals surface area (Å²) in [5.74, 6) is 2.56. The molecule has 0 aliphatic heterocycles. The first-order chi connectivity index (χ1) is 15.6. The Labute approximate surface area is 199 Å². The van der Waals surface area contributed by atoms with Crippen molar-refractivity contribution in [2.45, 2.75) is 98.2 Å². The molecule has 184 valence electrons.